The molecule has 1 amide bonds. The maximum absolute atomic E-state index is 12.3. The van der Waals surface area contributed by atoms with Crippen LogP contribution < -0.4 is 10.6 Å². The van der Waals surface area contributed by atoms with Gasteiger partial charge in [0.15, 0.2) is 0 Å². The van der Waals surface area contributed by atoms with Crippen molar-refractivity contribution in [2.24, 2.45) is 7.05 Å². The van der Waals surface area contributed by atoms with Crippen LogP contribution in [0.1, 0.15) is 10.4 Å². The highest BCUT2D eigenvalue weighted by molar-refractivity contribution is 6.06. The average Bonchev–Trinajstić information content (AvgIpc) is 2.94. The lowest BCUT2D eigenvalue weighted by atomic mass is 10.1. The lowest BCUT2D eigenvalue weighted by Gasteiger charge is -2.08. The summed E-state index contributed by atoms with van der Waals surface area (Å²) in [5, 5.41) is 7.13. The Morgan fingerprint density at radius 1 is 1.18 bits per heavy atom. The molecule has 0 atom stereocenters. The Morgan fingerprint density at radius 3 is 2.91 bits per heavy atom. The van der Waals surface area contributed by atoms with Crippen molar-refractivity contribution in [3.05, 3.63) is 60.6 Å². The second-order valence-electron chi connectivity index (χ2n) is 5.09. The van der Waals surface area contributed by atoms with Crippen molar-refractivity contribution in [2.45, 2.75) is 0 Å². The maximum atomic E-state index is 12.3. The van der Waals surface area contributed by atoms with Crippen LogP contribution in [0.2, 0.25) is 0 Å². The Morgan fingerprint density at radius 2 is 2.09 bits per heavy atom. The lowest BCUT2D eigenvalue weighted by Crippen LogP contribution is -2.28. The fourth-order valence-corrected chi connectivity index (χ4v) is 2.45. The Hall–Kier alpha value is -2.82. The largest absolute Gasteiger partial charge is 0.382 e. The number of amides is 1. The fourth-order valence-electron chi connectivity index (χ4n) is 2.45. The van der Waals surface area contributed by atoms with Crippen LogP contribution in [0.15, 0.2) is 55.0 Å². The summed E-state index contributed by atoms with van der Waals surface area (Å²) < 4.78 is 2.01. The number of anilines is 1. The number of nitrogens with one attached hydrogen (secondary N) is 2. The van der Waals surface area contributed by atoms with Crippen LogP contribution >= 0.6 is 0 Å². The molecule has 0 spiro atoms. The minimum atomic E-state index is -0.0511. The SMILES string of the molecule is Cn1ccc2c(C(=O)NCCNc3cccnc3)cccc21. The molecule has 5 heteroatoms. The van der Waals surface area contributed by atoms with Gasteiger partial charge in [-0.3, -0.25) is 9.78 Å². The maximum Gasteiger partial charge on any atom is 0.252 e. The van der Waals surface area contributed by atoms with E-state index >= 15 is 0 Å². The Kier molecular flexibility index (Phi) is 4.05. The van der Waals surface area contributed by atoms with Crippen molar-refractivity contribution < 1.29 is 4.79 Å². The van der Waals surface area contributed by atoms with E-state index in [9.17, 15) is 4.79 Å². The van der Waals surface area contributed by atoms with E-state index in [1.807, 2.05) is 54.2 Å². The molecular weight excluding hydrogens is 276 g/mol. The molecule has 3 aromatic rings. The summed E-state index contributed by atoms with van der Waals surface area (Å²) in [7, 11) is 1.97. The number of fused-ring (bicyclic) bond motifs is 1. The molecule has 1 aromatic carbocycles. The third-order valence-corrected chi connectivity index (χ3v) is 3.57. The molecule has 0 bridgehead atoms. The number of hydrogen-bond acceptors (Lipinski definition) is 3. The number of pyridine rings is 1. The number of rotatable bonds is 5. The van der Waals surface area contributed by atoms with Crippen LogP contribution in [0.25, 0.3) is 10.9 Å². The van der Waals surface area contributed by atoms with Gasteiger partial charge in [-0.2, -0.15) is 0 Å². The van der Waals surface area contributed by atoms with Gasteiger partial charge in [-0.15, -0.1) is 0 Å². The van der Waals surface area contributed by atoms with Gasteiger partial charge >= 0.3 is 0 Å². The lowest BCUT2D eigenvalue weighted by molar-refractivity contribution is 0.0957. The molecule has 2 heterocycles. The van der Waals surface area contributed by atoms with Gasteiger partial charge in [0.05, 0.1) is 5.69 Å². The predicted molar refractivity (Wildman–Crippen MR) is 88.0 cm³/mol. The van der Waals surface area contributed by atoms with Gasteiger partial charge < -0.3 is 15.2 Å². The van der Waals surface area contributed by atoms with Gasteiger partial charge in [0.1, 0.15) is 0 Å². The van der Waals surface area contributed by atoms with Crippen molar-refractivity contribution in [3.8, 4) is 0 Å². The number of aryl methyl sites for hydroxylation is 1. The average molecular weight is 294 g/mol. The van der Waals surface area contributed by atoms with Gasteiger partial charge in [0, 0.05) is 55.2 Å². The molecule has 22 heavy (non-hydrogen) atoms. The van der Waals surface area contributed by atoms with E-state index in [4.69, 9.17) is 0 Å². The summed E-state index contributed by atoms with van der Waals surface area (Å²) in [6.07, 6.45) is 5.45. The zero-order chi connectivity index (χ0) is 15.4. The van der Waals surface area contributed by atoms with Gasteiger partial charge in [-0.25, -0.2) is 0 Å². The van der Waals surface area contributed by atoms with Crippen molar-refractivity contribution in [3.63, 3.8) is 0 Å². The van der Waals surface area contributed by atoms with E-state index in [1.165, 1.54) is 0 Å². The summed E-state index contributed by atoms with van der Waals surface area (Å²) in [4.78, 5) is 16.3. The van der Waals surface area contributed by atoms with Gasteiger partial charge in [0.25, 0.3) is 5.91 Å². The molecule has 0 radical (unpaired) electrons. The predicted octanol–water partition coefficient (Wildman–Crippen LogP) is 2.42. The standard InChI is InChI=1S/C17H18N4O/c1-21-11-7-14-15(5-2-6-16(14)21)17(22)20-10-9-19-13-4-3-8-18-12-13/h2-8,11-12,19H,9-10H2,1H3,(H,20,22). The first kappa shape index (κ1) is 14.1. The molecule has 0 unspecified atom stereocenters. The topological polar surface area (TPSA) is 59.0 Å². The number of hydrogen-bond donors (Lipinski definition) is 2. The monoisotopic (exact) mass is 294 g/mol. The number of carbonyl (C=O) groups is 1. The molecule has 2 N–H and O–H groups in total. The summed E-state index contributed by atoms with van der Waals surface area (Å²) in [6.45, 7) is 1.21. The Balaban J connectivity index is 1.60. The van der Waals surface area contributed by atoms with Crippen molar-refractivity contribution in [1.82, 2.24) is 14.9 Å². The number of carbonyl (C=O) groups excluding carboxylic acids is 1. The summed E-state index contributed by atoms with van der Waals surface area (Å²) >= 11 is 0. The van der Waals surface area contributed by atoms with Gasteiger partial charge in [-0.1, -0.05) is 6.07 Å². The molecule has 0 aliphatic heterocycles. The second kappa shape index (κ2) is 6.30. The first-order chi connectivity index (χ1) is 10.8. The van der Waals surface area contributed by atoms with Crippen LogP contribution in [0.3, 0.4) is 0 Å². The quantitative estimate of drug-likeness (QED) is 0.710. The van der Waals surface area contributed by atoms with Crippen LogP contribution in [0.4, 0.5) is 5.69 Å². The second-order valence-corrected chi connectivity index (χ2v) is 5.09. The molecule has 2 aromatic heterocycles. The van der Waals surface area contributed by atoms with Crippen molar-refractivity contribution >= 4 is 22.5 Å². The number of benzene rings is 1. The van der Waals surface area contributed by atoms with E-state index in [0.717, 1.165) is 16.6 Å². The first-order valence-electron chi connectivity index (χ1n) is 7.22. The molecule has 0 aliphatic carbocycles. The smallest absolute Gasteiger partial charge is 0.252 e. The molecule has 0 aliphatic rings. The molecule has 0 fully saturated rings. The van der Waals surface area contributed by atoms with Crippen molar-refractivity contribution in [2.75, 3.05) is 18.4 Å². The summed E-state index contributed by atoms with van der Waals surface area (Å²) in [5.41, 5.74) is 2.71. The third-order valence-electron chi connectivity index (χ3n) is 3.57. The van der Waals surface area contributed by atoms with Crippen LogP contribution in [0, 0.1) is 0 Å². The summed E-state index contributed by atoms with van der Waals surface area (Å²) in [6, 6.07) is 11.6. The van der Waals surface area contributed by atoms with Crippen molar-refractivity contribution in [1.29, 1.82) is 0 Å². The zero-order valence-corrected chi connectivity index (χ0v) is 12.4. The van der Waals surface area contributed by atoms with E-state index in [0.29, 0.717) is 18.7 Å². The Bertz CT molecular complexity index is 780. The molecule has 112 valence electrons. The van der Waals surface area contributed by atoms with Crippen LogP contribution in [-0.4, -0.2) is 28.5 Å². The fraction of sp³-hybridized carbons (Fsp3) is 0.176. The highest BCUT2D eigenvalue weighted by Crippen LogP contribution is 2.19. The summed E-state index contributed by atoms with van der Waals surface area (Å²) in [5.74, 6) is -0.0511. The van der Waals surface area contributed by atoms with Gasteiger partial charge in [-0.05, 0) is 30.3 Å². The minimum Gasteiger partial charge on any atom is -0.382 e. The van der Waals surface area contributed by atoms with E-state index in [-0.39, 0.29) is 5.91 Å². The minimum absolute atomic E-state index is 0.0511. The van der Waals surface area contributed by atoms with Gasteiger partial charge in [0.2, 0.25) is 0 Å². The number of aromatic nitrogens is 2. The third kappa shape index (κ3) is 2.93. The molecule has 0 saturated heterocycles. The zero-order valence-electron chi connectivity index (χ0n) is 12.4. The molecule has 0 saturated carbocycles. The first-order valence-corrected chi connectivity index (χ1v) is 7.22. The van der Waals surface area contributed by atoms with Crippen LogP contribution in [-0.2, 0) is 7.05 Å². The molecule has 3 rings (SSSR count). The molecular formula is C17H18N4O. The van der Waals surface area contributed by atoms with E-state index in [1.54, 1.807) is 12.4 Å². The number of nitrogens with zero attached hydrogens (tertiary/aromatic N) is 2. The van der Waals surface area contributed by atoms with Crippen LogP contribution in [0.5, 0.6) is 0 Å². The Labute approximate surface area is 129 Å². The molecule has 5 nitrogen and oxygen atoms in total. The highest BCUT2D eigenvalue weighted by atomic mass is 16.1. The normalized spacial score (nSPS) is 10.6. The highest BCUT2D eigenvalue weighted by Gasteiger charge is 2.10. The van der Waals surface area contributed by atoms with E-state index in [2.05, 4.69) is 15.6 Å². The van der Waals surface area contributed by atoms with E-state index < -0.39 is 0 Å².